The van der Waals surface area contributed by atoms with E-state index in [1.165, 1.54) is 12.3 Å². The van der Waals surface area contributed by atoms with Crippen LogP contribution in [0, 0.1) is 34.1 Å². The molecule has 0 aromatic heterocycles. The fraction of sp³-hybridized carbons (Fsp3) is 0.130. The number of hydrogen-bond donors (Lipinski definition) is 1. The Kier molecular flexibility index (Phi) is 7.49. The van der Waals surface area contributed by atoms with E-state index >= 15 is 0 Å². The second-order valence-electron chi connectivity index (χ2n) is 7.12. The zero-order valence-electron chi connectivity index (χ0n) is 18.3. The molecule has 0 unspecified atom stereocenters. The average Bonchev–Trinajstić information content (AvgIpc) is 2.80. The number of amides is 1. The molecule has 174 valence electrons. The van der Waals surface area contributed by atoms with Crippen LogP contribution in [-0.2, 0) is 4.79 Å². The number of ether oxygens (including phenoxy) is 2. The molecule has 0 atom stereocenters. The molecule has 0 radical (unpaired) electrons. The normalized spacial score (nSPS) is 10.6. The Bertz CT molecular complexity index is 1270. The van der Waals surface area contributed by atoms with Crippen molar-refractivity contribution in [1.29, 1.82) is 0 Å². The van der Waals surface area contributed by atoms with Crippen LogP contribution < -0.4 is 14.9 Å². The number of aryl methyl sites for hydroxylation is 1. The van der Waals surface area contributed by atoms with Crippen molar-refractivity contribution in [2.75, 3.05) is 6.61 Å². The number of carbonyl (C=O) groups is 1. The lowest BCUT2D eigenvalue weighted by atomic mass is 10.1. The summed E-state index contributed by atoms with van der Waals surface area (Å²) in [5, 5.41) is 26.0. The van der Waals surface area contributed by atoms with Crippen molar-refractivity contribution in [2.45, 2.75) is 13.8 Å². The second kappa shape index (κ2) is 10.7. The summed E-state index contributed by atoms with van der Waals surface area (Å²) >= 11 is 0. The number of nitrogens with one attached hydrogen (secondary N) is 1. The third-order valence-corrected chi connectivity index (χ3v) is 4.75. The topological polar surface area (TPSA) is 146 Å². The van der Waals surface area contributed by atoms with Gasteiger partial charge >= 0.3 is 5.69 Å². The Labute approximate surface area is 193 Å². The predicted molar refractivity (Wildman–Crippen MR) is 123 cm³/mol. The van der Waals surface area contributed by atoms with E-state index in [9.17, 15) is 25.0 Å². The van der Waals surface area contributed by atoms with Crippen LogP contribution in [0.1, 0.15) is 16.7 Å². The van der Waals surface area contributed by atoms with Crippen molar-refractivity contribution in [3.63, 3.8) is 0 Å². The van der Waals surface area contributed by atoms with E-state index in [-0.39, 0.29) is 18.1 Å². The fourth-order valence-corrected chi connectivity index (χ4v) is 2.87. The summed E-state index contributed by atoms with van der Waals surface area (Å²) < 4.78 is 11.1. The molecule has 0 heterocycles. The molecule has 34 heavy (non-hydrogen) atoms. The highest BCUT2D eigenvalue weighted by Gasteiger charge is 2.21. The summed E-state index contributed by atoms with van der Waals surface area (Å²) in [5.41, 5.74) is 3.94. The molecule has 0 spiro atoms. The number of non-ortho nitro benzene ring substituents is 1. The van der Waals surface area contributed by atoms with E-state index in [1.54, 1.807) is 24.3 Å². The van der Waals surface area contributed by atoms with Crippen molar-refractivity contribution in [3.05, 3.63) is 97.6 Å². The SMILES string of the molecule is Cc1cccc(OCC(=O)N/N=C\c2cccc(Oc3ccc([N+](=O)[O-])cc3[N+](=O)[O-])c2)c1C. The second-order valence-corrected chi connectivity index (χ2v) is 7.12. The molecule has 11 nitrogen and oxygen atoms in total. The minimum Gasteiger partial charge on any atom is -0.483 e. The Morgan fingerprint density at radius 2 is 1.76 bits per heavy atom. The molecule has 0 saturated heterocycles. The third-order valence-electron chi connectivity index (χ3n) is 4.75. The summed E-state index contributed by atoms with van der Waals surface area (Å²) in [4.78, 5) is 32.7. The number of hydrazone groups is 1. The number of benzene rings is 3. The molecular formula is C23H20N4O7. The van der Waals surface area contributed by atoms with Crippen LogP contribution in [-0.4, -0.2) is 28.6 Å². The number of rotatable bonds is 9. The van der Waals surface area contributed by atoms with Gasteiger partial charge in [0.25, 0.3) is 11.6 Å². The van der Waals surface area contributed by atoms with Gasteiger partial charge in [-0.25, -0.2) is 5.43 Å². The van der Waals surface area contributed by atoms with E-state index < -0.39 is 27.1 Å². The maximum absolute atomic E-state index is 12.0. The quantitative estimate of drug-likeness (QED) is 0.280. The number of carbonyl (C=O) groups excluding carboxylic acids is 1. The molecule has 11 heteroatoms. The number of nitrogens with zero attached hydrogens (tertiary/aromatic N) is 3. The molecular weight excluding hydrogens is 444 g/mol. The lowest BCUT2D eigenvalue weighted by molar-refractivity contribution is -0.394. The zero-order valence-corrected chi connectivity index (χ0v) is 18.3. The van der Waals surface area contributed by atoms with Gasteiger partial charge in [0, 0.05) is 6.07 Å². The van der Waals surface area contributed by atoms with Gasteiger partial charge in [-0.2, -0.15) is 5.10 Å². The maximum Gasteiger partial charge on any atom is 0.318 e. The Morgan fingerprint density at radius 1 is 1.00 bits per heavy atom. The van der Waals surface area contributed by atoms with Crippen LogP contribution in [0.5, 0.6) is 17.2 Å². The van der Waals surface area contributed by atoms with Crippen LogP contribution in [0.3, 0.4) is 0 Å². The standard InChI is InChI=1S/C23H20N4O7/c1-15-5-3-8-21(16(15)2)33-14-23(28)25-24-13-17-6-4-7-19(11-17)34-22-10-9-18(26(29)30)12-20(22)27(31)32/h3-13H,14H2,1-2H3,(H,25,28)/b24-13-. The molecule has 0 saturated carbocycles. The lowest BCUT2D eigenvalue weighted by Crippen LogP contribution is -2.24. The number of nitro benzene ring substituents is 2. The van der Waals surface area contributed by atoms with E-state index in [2.05, 4.69) is 10.5 Å². The minimum absolute atomic E-state index is 0.151. The van der Waals surface area contributed by atoms with Crippen molar-refractivity contribution in [2.24, 2.45) is 5.10 Å². The van der Waals surface area contributed by atoms with Crippen LogP contribution in [0.25, 0.3) is 0 Å². The van der Waals surface area contributed by atoms with E-state index in [1.807, 2.05) is 26.0 Å². The van der Waals surface area contributed by atoms with Crippen LogP contribution in [0.15, 0.2) is 65.8 Å². The largest absolute Gasteiger partial charge is 0.483 e. The predicted octanol–water partition coefficient (Wildman–Crippen LogP) is 4.44. The van der Waals surface area contributed by atoms with Crippen molar-refractivity contribution >= 4 is 23.5 Å². The zero-order chi connectivity index (χ0) is 24.7. The van der Waals surface area contributed by atoms with Crippen molar-refractivity contribution in [3.8, 4) is 17.2 Å². The van der Waals surface area contributed by atoms with Crippen molar-refractivity contribution < 1.29 is 24.1 Å². The minimum atomic E-state index is -0.760. The molecule has 3 aromatic rings. The van der Waals surface area contributed by atoms with Crippen molar-refractivity contribution in [1.82, 2.24) is 5.43 Å². The molecule has 0 aliphatic heterocycles. The van der Waals surface area contributed by atoms with Gasteiger partial charge < -0.3 is 9.47 Å². The Hall–Kier alpha value is -4.80. The molecule has 0 fully saturated rings. The number of nitro groups is 2. The highest BCUT2D eigenvalue weighted by Crippen LogP contribution is 2.34. The van der Waals surface area contributed by atoms with Gasteiger partial charge in [0.15, 0.2) is 6.61 Å². The molecule has 1 amide bonds. The van der Waals surface area contributed by atoms with Crippen LogP contribution >= 0.6 is 0 Å². The molecule has 3 aromatic carbocycles. The summed E-state index contributed by atoms with van der Waals surface area (Å²) in [6.45, 7) is 3.64. The van der Waals surface area contributed by atoms with Crippen LogP contribution in [0.2, 0.25) is 0 Å². The van der Waals surface area contributed by atoms with E-state index in [4.69, 9.17) is 9.47 Å². The van der Waals surface area contributed by atoms with E-state index in [0.717, 1.165) is 29.3 Å². The summed E-state index contributed by atoms with van der Waals surface area (Å²) in [5.74, 6) is 0.252. The lowest BCUT2D eigenvalue weighted by Gasteiger charge is -2.09. The average molecular weight is 464 g/mol. The van der Waals surface area contributed by atoms with Gasteiger partial charge in [0.1, 0.15) is 11.5 Å². The van der Waals surface area contributed by atoms with Crippen LogP contribution in [0.4, 0.5) is 11.4 Å². The third kappa shape index (κ3) is 6.13. The first-order chi connectivity index (χ1) is 16.2. The van der Waals surface area contributed by atoms with Gasteiger partial charge in [0.05, 0.1) is 22.1 Å². The monoisotopic (exact) mass is 464 g/mol. The molecule has 0 bridgehead atoms. The van der Waals surface area contributed by atoms with Gasteiger partial charge in [0.2, 0.25) is 5.75 Å². The van der Waals surface area contributed by atoms with Gasteiger partial charge in [-0.1, -0.05) is 24.3 Å². The van der Waals surface area contributed by atoms with Gasteiger partial charge in [-0.3, -0.25) is 25.0 Å². The Morgan fingerprint density at radius 3 is 2.50 bits per heavy atom. The van der Waals surface area contributed by atoms with Gasteiger partial charge in [-0.15, -0.1) is 0 Å². The molecule has 0 aliphatic carbocycles. The summed E-state index contributed by atoms with van der Waals surface area (Å²) in [7, 11) is 0. The molecule has 3 rings (SSSR count). The fourth-order valence-electron chi connectivity index (χ4n) is 2.87. The highest BCUT2D eigenvalue weighted by atomic mass is 16.6. The maximum atomic E-state index is 12.0. The smallest absolute Gasteiger partial charge is 0.318 e. The van der Waals surface area contributed by atoms with E-state index in [0.29, 0.717) is 11.3 Å². The summed E-state index contributed by atoms with van der Waals surface area (Å²) in [6, 6.07) is 15.1. The molecule has 0 aliphatic rings. The highest BCUT2D eigenvalue weighted by molar-refractivity contribution is 5.83. The summed E-state index contributed by atoms with van der Waals surface area (Å²) in [6.07, 6.45) is 1.37. The first-order valence-electron chi connectivity index (χ1n) is 9.96. The number of hydrogen-bond acceptors (Lipinski definition) is 8. The Balaban J connectivity index is 1.62. The van der Waals surface area contributed by atoms with Gasteiger partial charge in [-0.05, 0) is 54.8 Å². The molecule has 1 N–H and O–H groups in total. The first-order valence-corrected chi connectivity index (χ1v) is 9.96. The first kappa shape index (κ1) is 23.9.